The highest BCUT2D eigenvalue weighted by atomic mass is 35.5. The molecule has 13 nitrogen and oxygen atoms in total. The van der Waals surface area contributed by atoms with Crippen LogP contribution in [0.4, 0.5) is 11.4 Å². The van der Waals surface area contributed by atoms with Crippen molar-refractivity contribution in [3.05, 3.63) is 136 Å². The molecule has 6 aromatic rings. The molecule has 0 saturated carbocycles. The first-order valence-corrected chi connectivity index (χ1v) is 20.0. The Labute approximate surface area is 371 Å². The molecule has 0 aliphatic heterocycles. The van der Waals surface area contributed by atoms with Gasteiger partial charge in [-0.3, -0.25) is 4.79 Å². The lowest BCUT2D eigenvalue weighted by molar-refractivity contribution is -0.126. The lowest BCUT2D eigenvalue weighted by atomic mass is 10.1. The Morgan fingerprint density at radius 2 is 1.08 bits per heavy atom. The monoisotopic (exact) mass is 883 g/mol. The van der Waals surface area contributed by atoms with E-state index in [9.17, 15) is 9.59 Å². The third kappa shape index (κ3) is 11.0. The minimum atomic E-state index is -0.510. The summed E-state index contributed by atoms with van der Waals surface area (Å²) in [5, 5.41) is 3.06. The van der Waals surface area contributed by atoms with Crippen molar-refractivity contribution >= 4 is 46.4 Å². The number of pyridine rings is 2. The van der Waals surface area contributed by atoms with E-state index in [2.05, 4.69) is 15.3 Å². The molecule has 2 amide bonds. The maximum Gasteiger partial charge on any atom is 0.321 e. The number of aryl methyl sites for hydroxylation is 1. The quantitative estimate of drug-likeness (QED) is 0.0779. The zero-order valence-corrected chi connectivity index (χ0v) is 37.5. The van der Waals surface area contributed by atoms with E-state index < -0.39 is 4.48 Å². The van der Waals surface area contributed by atoms with Crippen LogP contribution in [0, 0.1) is 13.8 Å². The zero-order valence-electron chi connectivity index (χ0n) is 36.0. The maximum atomic E-state index is 14.5. The number of methoxy groups -OCH3 is 5. The number of amides is 2. The molecule has 1 N–H and O–H groups in total. The van der Waals surface area contributed by atoms with E-state index in [1.807, 2.05) is 56.3 Å². The number of hydrogen-bond donors (Lipinski definition) is 1. The van der Waals surface area contributed by atoms with Crippen molar-refractivity contribution in [3.63, 3.8) is 0 Å². The van der Waals surface area contributed by atoms with E-state index in [1.54, 1.807) is 96.2 Å². The lowest BCUT2D eigenvalue weighted by Gasteiger charge is -2.35. The van der Waals surface area contributed by atoms with Gasteiger partial charge in [-0.2, -0.15) is 14.5 Å². The van der Waals surface area contributed by atoms with Gasteiger partial charge in [0.2, 0.25) is 17.3 Å². The molecule has 0 aliphatic rings. The number of carbonyl (C=O) groups is 2. The predicted octanol–water partition coefficient (Wildman–Crippen LogP) is 10.7. The summed E-state index contributed by atoms with van der Waals surface area (Å²) < 4.78 is 39.2. The average molecular weight is 885 g/mol. The zero-order chi connectivity index (χ0) is 45.0. The van der Waals surface area contributed by atoms with Gasteiger partial charge < -0.3 is 38.5 Å². The molecule has 0 bridgehead atoms. The molecule has 1 unspecified atom stereocenters. The van der Waals surface area contributed by atoms with Crippen LogP contribution in [0.5, 0.6) is 52.0 Å². The van der Waals surface area contributed by atoms with Crippen molar-refractivity contribution in [3.8, 4) is 52.0 Å². The number of hydrogen-bond acceptors (Lipinski definition) is 11. The van der Waals surface area contributed by atoms with E-state index in [4.69, 9.17) is 56.4 Å². The third-order valence-electron chi connectivity index (χ3n) is 9.92. The Balaban J connectivity index is 0.000000409. The second kappa shape index (κ2) is 21.3. The number of quaternary nitrogens is 1. The molecule has 6 rings (SSSR count). The van der Waals surface area contributed by atoms with Gasteiger partial charge in [-0.15, -0.1) is 0 Å². The van der Waals surface area contributed by atoms with Gasteiger partial charge in [-0.25, -0.2) is 4.79 Å². The van der Waals surface area contributed by atoms with Crippen LogP contribution >= 0.6 is 23.2 Å². The van der Waals surface area contributed by atoms with Crippen LogP contribution in [-0.2, 0) is 22.7 Å². The molecular weight excluding hydrogens is 835 g/mol. The summed E-state index contributed by atoms with van der Waals surface area (Å²) in [4.78, 5) is 34.4. The highest BCUT2D eigenvalue weighted by molar-refractivity contribution is 6.30. The van der Waals surface area contributed by atoms with Gasteiger partial charge in [0.1, 0.15) is 57.1 Å². The van der Waals surface area contributed by atoms with Crippen LogP contribution in [0.1, 0.15) is 36.1 Å². The van der Waals surface area contributed by atoms with E-state index >= 15 is 0 Å². The lowest BCUT2D eigenvalue weighted by Crippen LogP contribution is -2.48. The molecule has 0 radical (unpaired) electrons. The standard InChI is InChI=1S/C36H34Cl2N3O6.C11H15NO3/c1-22-8-7-9-31(23(22)2)47-36-30(16-19-34(38)40-36)41(24(3)42,21-25-20-28(44-5)14-17-32(25)45-6)29-15-18-33(37)39-35(29)46-27-12-10-26(43-4)11-13-27;1-8(13)12-7-9-6-10(14-2)4-5-11(9)15-3/h7-20H,21H2,1-6H3;4-6H,7H2,1-3H3,(H,12,13)/q+1;. The molecule has 4 aromatic carbocycles. The first-order chi connectivity index (χ1) is 29.8. The SMILES string of the molecule is COc1ccc(OC)c(CNC(C)=O)c1.COc1ccc(Oc2nc(Cl)ccc2[N+](Cc2cc(OC)ccc2OC)(C(C)=O)c2ccc(Cl)nc2Oc2cccc(C)c2C)cc1. The number of carbonyl (C=O) groups excluding carboxylic acids is 2. The highest BCUT2D eigenvalue weighted by Gasteiger charge is 2.47. The Kier molecular flexibility index (Phi) is 16.0. The van der Waals surface area contributed by atoms with E-state index in [0.717, 1.165) is 28.2 Å². The molecule has 1 atom stereocenters. The summed E-state index contributed by atoms with van der Waals surface area (Å²) in [6.45, 7) is 7.36. The highest BCUT2D eigenvalue weighted by Crippen LogP contribution is 2.49. The van der Waals surface area contributed by atoms with Gasteiger partial charge in [-0.05, 0) is 104 Å². The molecule has 15 heteroatoms. The smallest absolute Gasteiger partial charge is 0.321 e. The Hall–Kier alpha value is -6.54. The summed E-state index contributed by atoms with van der Waals surface area (Å²) in [6.07, 6.45) is 0. The number of halogens is 2. The van der Waals surface area contributed by atoms with Crippen molar-refractivity contribution in [1.82, 2.24) is 19.8 Å². The summed E-state index contributed by atoms with van der Waals surface area (Å²) in [6, 6.07) is 30.2. The molecule has 0 saturated heterocycles. The minimum absolute atomic E-state index is 0.0183. The summed E-state index contributed by atoms with van der Waals surface area (Å²) in [5.41, 5.74) is 4.21. The molecule has 2 aromatic heterocycles. The number of ether oxygens (including phenoxy) is 7. The van der Waals surface area contributed by atoms with Crippen molar-refractivity contribution in [2.45, 2.75) is 40.8 Å². The van der Waals surface area contributed by atoms with Crippen LogP contribution in [-0.4, -0.2) is 57.3 Å². The number of nitrogens with zero attached hydrogens (tertiary/aromatic N) is 3. The number of aromatic nitrogens is 2. The second-order valence-corrected chi connectivity index (χ2v) is 14.5. The van der Waals surface area contributed by atoms with Crippen LogP contribution in [0.3, 0.4) is 0 Å². The fraction of sp³-hybridized carbons (Fsp3) is 0.234. The normalized spacial score (nSPS) is 11.5. The van der Waals surface area contributed by atoms with Crippen LogP contribution < -0.4 is 43.0 Å². The summed E-state index contributed by atoms with van der Waals surface area (Å²) >= 11 is 12.9. The van der Waals surface area contributed by atoms with Crippen LogP contribution in [0.2, 0.25) is 10.3 Å². The number of nitrogens with one attached hydrogen (secondary N) is 1. The molecule has 0 fully saturated rings. The van der Waals surface area contributed by atoms with Crippen molar-refractivity contribution in [1.29, 1.82) is 0 Å². The van der Waals surface area contributed by atoms with Gasteiger partial charge in [0, 0.05) is 31.2 Å². The van der Waals surface area contributed by atoms with E-state index in [1.165, 1.54) is 13.8 Å². The van der Waals surface area contributed by atoms with Crippen molar-refractivity contribution in [2.24, 2.45) is 0 Å². The topological polar surface area (TPSA) is 137 Å². The maximum absolute atomic E-state index is 14.5. The third-order valence-corrected chi connectivity index (χ3v) is 10.3. The van der Waals surface area contributed by atoms with Crippen LogP contribution in [0.15, 0.2) is 103 Å². The molecular formula is C47H49Cl2N4O9+. The predicted molar refractivity (Wildman–Crippen MR) is 240 cm³/mol. The molecule has 324 valence electrons. The molecule has 0 spiro atoms. The van der Waals surface area contributed by atoms with Gasteiger partial charge in [0.25, 0.3) is 11.8 Å². The average Bonchev–Trinajstić information content (AvgIpc) is 3.27. The van der Waals surface area contributed by atoms with Gasteiger partial charge >= 0.3 is 5.91 Å². The fourth-order valence-corrected chi connectivity index (χ4v) is 6.78. The fourth-order valence-electron chi connectivity index (χ4n) is 6.50. The molecule has 62 heavy (non-hydrogen) atoms. The summed E-state index contributed by atoms with van der Waals surface area (Å²) in [7, 11) is 7.91. The largest absolute Gasteiger partial charge is 0.497 e. The van der Waals surface area contributed by atoms with Gasteiger partial charge in [-0.1, -0.05) is 35.3 Å². The first-order valence-electron chi connectivity index (χ1n) is 19.2. The summed E-state index contributed by atoms with van der Waals surface area (Å²) in [5.74, 6) is 4.08. The van der Waals surface area contributed by atoms with E-state index in [0.29, 0.717) is 52.2 Å². The Morgan fingerprint density at radius 1 is 0.581 bits per heavy atom. The van der Waals surface area contributed by atoms with Crippen molar-refractivity contribution < 1.29 is 42.7 Å². The first kappa shape index (κ1) is 46.5. The Morgan fingerprint density at radius 3 is 1.60 bits per heavy atom. The van der Waals surface area contributed by atoms with E-state index in [-0.39, 0.29) is 40.4 Å². The van der Waals surface area contributed by atoms with Crippen LogP contribution in [0.25, 0.3) is 0 Å². The minimum Gasteiger partial charge on any atom is -0.497 e. The Bertz CT molecular complexity index is 2520. The number of benzene rings is 4. The molecule has 2 heterocycles. The number of rotatable bonds is 15. The molecule has 0 aliphatic carbocycles. The van der Waals surface area contributed by atoms with Gasteiger partial charge in [0.05, 0.1) is 48.0 Å². The van der Waals surface area contributed by atoms with Gasteiger partial charge in [0.15, 0.2) is 0 Å². The van der Waals surface area contributed by atoms with Crippen molar-refractivity contribution in [2.75, 3.05) is 35.5 Å². The second-order valence-electron chi connectivity index (χ2n) is 13.7.